The number of fused-ring (bicyclic) bond motifs is 1. The largest absolute Gasteiger partial charge is 0.378 e. The van der Waals surface area contributed by atoms with E-state index in [0.29, 0.717) is 18.2 Å². The summed E-state index contributed by atoms with van der Waals surface area (Å²) in [7, 11) is 0. The maximum absolute atomic E-state index is 10.2. The standard InChI is InChI=1S/C19H19N5O/c1-3-19(2,25)11-12-4-7-14-15(10-12)24(17(22-14)13-5-6-13)16-8-9-21-18(20)23-16/h1,4,7-10,13,25H,5-6,11H2,2H3,(H2,20,21,23). The van der Waals surface area contributed by atoms with Gasteiger partial charge in [0.2, 0.25) is 5.95 Å². The Balaban J connectivity index is 1.89. The third-order valence-electron chi connectivity index (χ3n) is 4.44. The summed E-state index contributed by atoms with van der Waals surface area (Å²) in [6, 6.07) is 7.76. The van der Waals surface area contributed by atoms with Crippen LogP contribution in [0.4, 0.5) is 5.95 Å². The molecule has 1 unspecified atom stereocenters. The van der Waals surface area contributed by atoms with E-state index in [1.54, 1.807) is 13.1 Å². The molecule has 6 heteroatoms. The van der Waals surface area contributed by atoms with Gasteiger partial charge in [-0.3, -0.25) is 4.57 Å². The Morgan fingerprint density at radius 3 is 2.84 bits per heavy atom. The molecule has 0 radical (unpaired) electrons. The van der Waals surface area contributed by atoms with Crippen LogP contribution in [0.15, 0.2) is 30.5 Å². The predicted octanol–water partition coefficient (Wildman–Crippen LogP) is 2.20. The topological polar surface area (TPSA) is 89.9 Å². The monoisotopic (exact) mass is 333 g/mol. The highest BCUT2D eigenvalue weighted by molar-refractivity contribution is 5.79. The van der Waals surface area contributed by atoms with Gasteiger partial charge in [-0.2, -0.15) is 4.98 Å². The molecule has 6 nitrogen and oxygen atoms in total. The van der Waals surface area contributed by atoms with Crippen molar-refractivity contribution in [1.29, 1.82) is 0 Å². The Kier molecular flexibility index (Phi) is 3.48. The van der Waals surface area contributed by atoms with Crippen molar-refractivity contribution in [2.24, 2.45) is 0 Å². The van der Waals surface area contributed by atoms with E-state index < -0.39 is 5.60 Å². The molecule has 0 amide bonds. The smallest absolute Gasteiger partial charge is 0.221 e. The second-order valence-corrected chi connectivity index (χ2v) is 6.77. The first-order chi connectivity index (χ1) is 12.0. The van der Waals surface area contributed by atoms with Crippen LogP contribution >= 0.6 is 0 Å². The molecule has 1 aliphatic carbocycles. The number of hydrogen-bond donors (Lipinski definition) is 2. The molecule has 2 heterocycles. The highest BCUT2D eigenvalue weighted by atomic mass is 16.3. The summed E-state index contributed by atoms with van der Waals surface area (Å²) in [4.78, 5) is 13.1. The summed E-state index contributed by atoms with van der Waals surface area (Å²) in [5.74, 6) is 4.80. The highest BCUT2D eigenvalue weighted by Gasteiger charge is 2.30. The average Bonchev–Trinajstić information content (AvgIpc) is 3.35. The zero-order valence-electron chi connectivity index (χ0n) is 14.0. The molecule has 0 spiro atoms. The second kappa shape index (κ2) is 5.57. The fourth-order valence-electron chi connectivity index (χ4n) is 3.04. The number of nitrogens with two attached hydrogens (primary N) is 1. The first-order valence-electron chi connectivity index (χ1n) is 8.27. The molecule has 1 fully saturated rings. The van der Waals surface area contributed by atoms with Crippen LogP contribution in [-0.4, -0.2) is 30.2 Å². The van der Waals surface area contributed by atoms with Gasteiger partial charge in [-0.25, -0.2) is 9.97 Å². The Hall–Kier alpha value is -2.91. The minimum Gasteiger partial charge on any atom is -0.378 e. The van der Waals surface area contributed by atoms with Crippen LogP contribution in [0.5, 0.6) is 0 Å². The zero-order chi connectivity index (χ0) is 17.6. The van der Waals surface area contributed by atoms with E-state index >= 15 is 0 Å². The van der Waals surface area contributed by atoms with Crippen molar-refractivity contribution < 1.29 is 5.11 Å². The van der Waals surface area contributed by atoms with Gasteiger partial charge >= 0.3 is 0 Å². The first kappa shape index (κ1) is 15.6. The summed E-state index contributed by atoms with van der Waals surface area (Å²) < 4.78 is 2.04. The molecule has 4 rings (SSSR count). The van der Waals surface area contributed by atoms with Gasteiger partial charge in [0.1, 0.15) is 17.2 Å². The molecule has 2 aromatic heterocycles. The second-order valence-electron chi connectivity index (χ2n) is 6.77. The molecule has 0 saturated heterocycles. The SMILES string of the molecule is C#CC(C)(O)Cc1ccc2nc(C3CC3)n(-c3ccnc(N)n3)c2c1. The van der Waals surface area contributed by atoms with E-state index in [9.17, 15) is 5.11 Å². The van der Waals surface area contributed by atoms with Crippen molar-refractivity contribution in [3.05, 3.63) is 41.9 Å². The van der Waals surface area contributed by atoms with E-state index in [1.807, 2.05) is 28.8 Å². The van der Waals surface area contributed by atoms with Crippen molar-refractivity contribution in [1.82, 2.24) is 19.5 Å². The van der Waals surface area contributed by atoms with Crippen LogP contribution in [0, 0.1) is 12.3 Å². The minimum atomic E-state index is -1.18. The molecule has 0 bridgehead atoms. The number of anilines is 1. The Labute approximate surface area is 145 Å². The quantitative estimate of drug-likeness (QED) is 0.715. The van der Waals surface area contributed by atoms with Crippen molar-refractivity contribution in [3.63, 3.8) is 0 Å². The van der Waals surface area contributed by atoms with Gasteiger partial charge in [-0.05, 0) is 43.5 Å². The first-order valence-corrected chi connectivity index (χ1v) is 8.27. The summed E-state index contributed by atoms with van der Waals surface area (Å²) in [5, 5.41) is 10.2. The predicted molar refractivity (Wildman–Crippen MR) is 96.2 cm³/mol. The molecule has 126 valence electrons. The van der Waals surface area contributed by atoms with E-state index in [2.05, 4.69) is 15.9 Å². The van der Waals surface area contributed by atoms with E-state index in [1.165, 1.54) is 0 Å². The molecule has 1 saturated carbocycles. The number of nitrogen functional groups attached to an aromatic ring is 1. The molecule has 1 aliphatic rings. The molecule has 0 aliphatic heterocycles. The minimum absolute atomic E-state index is 0.229. The van der Waals surface area contributed by atoms with Crippen LogP contribution in [0.25, 0.3) is 16.9 Å². The third-order valence-corrected chi connectivity index (χ3v) is 4.44. The maximum Gasteiger partial charge on any atom is 0.221 e. The van der Waals surface area contributed by atoms with Crippen molar-refractivity contribution in [3.8, 4) is 18.2 Å². The number of nitrogens with zero attached hydrogens (tertiary/aromatic N) is 4. The van der Waals surface area contributed by atoms with Gasteiger partial charge in [0, 0.05) is 18.5 Å². The summed E-state index contributed by atoms with van der Waals surface area (Å²) >= 11 is 0. The van der Waals surface area contributed by atoms with Crippen molar-refractivity contribution in [2.75, 3.05) is 5.73 Å². The Morgan fingerprint density at radius 1 is 1.36 bits per heavy atom. The van der Waals surface area contributed by atoms with Gasteiger partial charge in [0.15, 0.2) is 0 Å². The number of terminal acetylenes is 1. The molecule has 1 aromatic carbocycles. The van der Waals surface area contributed by atoms with Gasteiger partial charge in [0.05, 0.1) is 11.0 Å². The van der Waals surface area contributed by atoms with Crippen LogP contribution in [-0.2, 0) is 6.42 Å². The lowest BCUT2D eigenvalue weighted by Gasteiger charge is -2.16. The van der Waals surface area contributed by atoms with Crippen LogP contribution in [0.1, 0.15) is 37.1 Å². The fraction of sp³-hybridized carbons (Fsp3) is 0.316. The summed E-state index contributed by atoms with van der Waals surface area (Å²) in [5.41, 5.74) is 7.36. The van der Waals surface area contributed by atoms with Crippen molar-refractivity contribution >= 4 is 17.0 Å². The molecule has 25 heavy (non-hydrogen) atoms. The highest BCUT2D eigenvalue weighted by Crippen LogP contribution is 2.41. The molecule has 1 atom stereocenters. The molecular weight excluding hydrogens is 314 g/mol. The Morgan fingerprint density at radius 2 is 2.16 bits per heavy atom. The van der Waals surface area contributed by atoms with Crippen LogP contribution in [0.2, 0.25) is 0 Å². The number of imidazole rings is 1. The number of aromatic nitrogens is 4. The van der Waals surface area contributed by atoms with E-state index in [-0.39, 0.29) is 5.95 Å². The number of benzene rings is 1. The van der Waals surface area contributed by atoms with Gasteiger partial charge in [-0.15, -0.1) is 6.42 Å². The summed E-state index contributed by atoms with van der Waals surface area (Å²) in [6.07, 6.45) is 9.68. The van der Waals surface area contributed by atoms with E-state index in [4.69, 9.17) is 17.1 Å². The number of hydrogen-bond acceptors (Lipinski definition) is 5. The Bertz CT molecular complexity index is 995. The van der Waals surface area contributed by atoms with Crippen molar-refractivity contribution in [2.45, 2.75) is 37.7 Å². The zero-order valence-corrected chi connectivity index (χ0v) is 14.0. The average molecular weight is 333 g/mol. The van der Waals surface area contributed by atoms with Crippen LogP contribution < -0.4 is 5.73 Å². The lowest BCUT2D eigenvalue weighted by Crippen LogP contribution is -2.24. The van der Waals surface area contributed by atoms with Gasteiger partial charge < -0.3 is 10.8 Å². The maximum atomic E-state index is 10.2. The lowest BCUT2D eigenvalue weighted by atomic mass is 9.97. The molecule has 3 N–H and O–H groups in total. The third kappa shape index (κ3) is 2.94. The molecular formula is C19H19N5O. The number of aliphatic hydroxyl groups is 1. The van der Waals surface area contributed by atoms with Crippen LogP contribution in [0.3, 0.4) is 0 Å². The van der Waals surface area contributed by atoms with Gasteiger partial charge in [-0.1, -0.05) is 12.0 Å². The molecule has 3 aromatic rings. The lowest BCUT2D eigenvalue weighted by molar-refractivity contribution is 0.123. The fourth-order valence-corrected chi connectivity index (χ4v) is 3.04. The van der Waals surface area contributed by atoms with E-state index in [0.717, 1.165) is 35.3 Å². The summed E-state index contributed by atoms with van der Waals surface area (Å²) in [6.45, 7) is 1.63. The van der Waals surface area contributed by atoms with Gasteiger partial charge in [0.25, 0.3) is 0 Å². The number of rotatable bonds is 4. The normalized spacial score (nSPS) is 16.5.